The van der Waals surface area contributed by atoms with Crippen LogP contribution in [0.25, 0.3) is 11.3 Å². The van der Waals surface area contributed by atoms with E-state index in [0.29, 0.717) is 49.9 Å². The van der Waals surface area contributed by atoms with Crippen LogP contribution in [0.4, 0.5) is 5.69 Å². The normalized spacial score (nSPS) is 14.7. The number of hydrogen-bond acceptors (Lipinski definition) is 6. The van der Waals surface area contributed by atoms with Crippen LogP contribution in [0.2, 0.25) is 0 Å². The van der Waals surface area contributed by atoms with Crippen LogP contribution < -0.4 is 10.1 Å². The monoisotopic (exact) mass is 498 g/mol. The van der Waals surface area contributed by atoms with E-state index in [1.165, 1.54) is 16.4 Å². The van der Waals surface area contributed by atoms with Gasteiger partial charge in [-0.05, 0) is 44.2 Å². The first-order chi connectivity index (χ1) is 16.8. The molecule has 0 spiro atoms. The van der Waals surface area contributed by atoms with Gasteiger partial charge in [0.2, 0.25) is 15.9 Å². The van der Waals surface area contributed by atoms with Crippen LogP contribution >= 0.6 is 0 Å². The molecular weight excluding hydrogens is 468 g/mol. The average molecular weight is 499 g/mol. The molecule has 0 radical (unpaired) electrons. The lowest BCUT2D eigenvalue weighted by Gasteiger charge is -2.26. The van der Waals surface area contributed by atoms with E-state index >= 15 is 0 Å². The minimum Gasteiger partial charge on any atom is -0.489 e. The van der Waals surface area contributed by atoms with Crippen LogP contribution in [0.1, 0.15) is 26.0 Å². The van der Waals surface area contributed by atoms with E-state index in [9.17, 15) is 13.2 Å². The molecular formula is C26H30N2O6S. The van der Waals surface area contributed by atoms with Crippen molar-refractivity contribution < 1.29 is 27.1 Å². The summed E-state index contributed by atoms with van der Waals surface area (Å²) in [5.41, 5.74) is 1.29. The largest absolute Gasteiger partial charge is 0.489 e. The summed E-state index contributed by atoms with van der Waals surface area (Å²) in [5, 5.41) is 2.83. The van der Waals surface area contributed by atoms with Gasteiger partial charge in [0.25, 0.3) is 0 Å². The van der Waals surface area contributed by atoms with E-state index in [1.807, 2.05) is 56.3 Å². The smallest absolute Gasteiger partial charge is 0.243 e. The van der Waals surface area contributed by atoms with Crippen molar-refractivity contribution in [2.75, 3.05) is 31.6 Å². The molecule has 2 heterocycles. The Balaban J connectivity index is 1.47. The zero-order valence-electron chi connectivity index (χ0n) is 19.9. The van der Waals surface area contributed by atoms with E-state index in [1.54, 1.807) is 6.07 Å². The summed E-state index contributed by atoms with van der Waals surface area (Å²) in [6, 6.07) is 18.0. The van der Waals surface area contributed by atoms with Gasteiger partial charge in [0.05, 0.1) is 29.9 Å². The van der Waals surface area contributed by atoms with Gasteiger partial charge in [-0.15, -0.1) is 0 Å². The molecule has 1 aliphatic rings. The Morgan fingerprint density at radius 2 is 1.80 bits per heavy atom. The topological polar surface area (TPSA) is 98.1 Å². The molecule has 35 heavy (non-hydrogen) atoms. The molecule has 3 aromatic rings. The van der Waals surface area contributed by atoms with Gasteiger partial charge in [0, 0.05) is 31.5 Å². The Morgan fingerprint density at radius 1 is 1.06 bits per heavy atom. The molecule has 0 saturated carbocycles. The van der Waals surface area contributed by atoms with Crippen LogP contribution in [0.3, 0.4) is 0 Å². The SMILES string of the molecule is CC(C)Oc1ccc(S(=O)(=O)N2CCOCC2)cc1NC(=O)CCc1ccc(-c2ccccc2)o1. The fraction of sp³-hybridized carbons (Fsp3) is 0.346. The molecule has 0 bridgehead atoms. The second kappa shape index (κ2) is 11.1. The third kappa shape index (κ3) is 6.30. The molecule has 1 aliphatic heterocycles. The molecule has 9 heteroatoms. The van der Waals surface area contributed by atoms with E-state index in [2.05, 4.69) is 5.32 Å². The van der Waals surface area contributed by atoms with Crippen molar-refractivity contribution in [3.05, 3.63) is 66.4 Å². The minimum absolute atomic E-state index is 0.101. The molecule has 1 saturated heterocycles. The van der Waals surface area contributed by atoms with Crippen molar-refractivity contribution in [1.29, 1.82) is 0 Å². The number of ether oxygens (including phenoxy) is 2. The maximum absolute atomic E-state index is 13.1. The molecule has 1 fully saturated rings. The van der Waals surface area contributed by atoms with Crippen molar-refractivity contribution in [2.45, 2.75) is 37.7 Å². The number of nitrogens with zero attached hydrogens (tertiary/aromatic N) is 1. The summed E-state index contributed by atoms with van der Waals surface area (Å²) in [6.07, 6.45) is 0.431. The Labute approximate surface area is 205 Å². The number of rotatable bonds is 9. The molecule has 0 unspecified atom stereocenters. The maximum Gasteiger partial charge on any atom is 0.243 e. The summed E-state index contributed by atoms with van der Waals surface area (Å²) in [5.74, 6) is 1.59. The molecule has 8 nitrogen and oxygen atoms in total. The van der Waals surface area contributed by atoms with E-state index < -0.39 is 10.0 Å². The zero-order chi connectivity index (χ0) is 24.8. The molecule has 186 valence electrons. The first kappa shape index (κ1) is 25.0. The highest BCUT2D eigenvalue weighted by atomic mass is 32.2. The van der Waals surface area contributed by atoms with Gasteiger partial charge in [-0.2, -0.15) is 4.31 Å². The zero-order valence-corrected chi connectivity index (χ0v) is 20.7. The molecule has 2 aromatic carbocycles. The first-order valence-corrected chi connectivity index (χ1v) is 13.1. The minimum atomic E-state index is -3.71. The third-order valence-electron chi connectivity index (χ3n) is 5.51. The molecule has 1 aromatic heterocycles. The number of furan rings is 1. The molecule has 1 amide bonds. The van der Waals surface area contributed by atoms with Gasteiger partial charge < -0.3 is 19.2 Å². The van der Waals surface area contributed by atoms with E-state index in [0.717, 1.165) is 11.3 Å². The van der Waals surface area contributed by atoms with Gasteiger partial charge in [-0.25, -0.2) is 8.42 Å². The second-order valence-electron chi connectivity index (χ2n) is 8.52. The highest BCUT2D eigenvalue weighted by Gasteiger charge is 2.27. The van der Waals surface area contributed by atoms with Crippen molar-refractivity contribution in [3.8, 4) is 17.1 Å². The third-order valence-corrected chi connectivity index (χ3v) is 7.41. The summed E-state index contributed by atoms with van der Waals surface area (Å²) < 4.78 is 44.5. The number of morpholine rings is 1. The molecule has 1 N–H and O–H groups in total. The molecule has 4 rings (SSSR count). The van der Waals surface area contributed by atoms with Gasteiger partial charge in [0.1, 0.15) is 17.3 Å². The van der Waals surface area contributed by atoms with Crippen molar-refractivity contribution in [2.24, 2.45) is 0 Å². The van der Waals surface area contributed by atoms with Crippen molar-refractivity contribution >= 4 is 21.6 Å². The van der Waals surface area contributed by atoms with Crippen LogP contribution in [0, 0.1) is 0 Å². The van der Waals surface area contributed by atoms with Gasteiger partial charge in [0.15, 0.2) is 0 Å². The average Bonchev–Trinajstić information content (AvgIpc) is 3.34. The van der Waals surface area contributed by atoms with Gasteiger partial charge >= 0.3 is 0 Å². The fourth-order valence-corrected chi connectivity index (χ4v) is 5.21. The standard InChI is InChI=1S/C26H30N2O6S/c1-19(2)33-25-12-10-22(35(30,31)28-14-16-32-17-15-28)18-23(25)27-26(29)13-9-21-8-11-24(34-21)20-6-4-3-5-7-20/h3-8,10-12,18-19H,9,13-17H2,1-2H3,(H,27,29). The summed E-state index contributed by atoms with van der Waals surface area (Å²) >= 11 is 0. The van der Waals surface area contributed by atoms with Crippen LogP contribution in [-0.4, -0.2) is 51.0 Å². The predicted octanol–water partition coefficient (Wildman–Crippen LogP) is 4.33. The number of hydrogen-bond donors (Lipinski definition) is 1. The summed E-state index contributed by atoms with van der Waals surface area (Å²) in [7, 11) is -3.71. The lowest BCUT2D eigenvalue weighted by atomic mass is 10.2. The second-order valence-corrected chi connectivity index (χ2v) is 10.5. The van der Waals surface area contributed by atoms with Crippen LogP contribution in [-0.2, 0) is 26.0 Å². The predicted molar refractivity (Wildman–Crippen MR) is 133 cm³/mol. The van der Waals surface area contributed by atoms with Crippen LogP contribution in [0.15, 0.2) is 70.0 Å². The van der Waals surface area contributed by atoms with Crippen molar-refractivity contribution in [1.82, 2.24) is 4.31 Å². The molecule has 0 aliphatic carbocycles. The van der Waals surface area contributed by atoms with Crippen molar-refractivity contribution in [3.63, 3.8) is 0 Å². The summed E-state index contributed by atoms with van der Waals surface area (Å²) in [4.78, 5) is 12.9. The Morgan fingerprint density at radius 3 is 2.51 bits per heavy atom. The van der Waals surface area contributed by atoms with Gasteiger partial charge in [-0.1, -0.05) is 30.3 Å². The molecule has 0 atom stereocenters. The van der Waals surface area contributed by atoms with E-state index in [4.69, 9.17) is 13.9 Å². The van der Waals surface area contributed by atoms with Gasteiger partial charge in [-0.3, -0.25) is 4.79 Å². The summed E-state index contributed by atoms with van der Waals surface area (Å²) in [6.45, 7) is 5.04. The fourth-order valence-electron chi connectivity index (χ4n) is 3.78. The Bertz CT molecular complexity index is 1250. The number of sulfonamides is 1. The number of benzene rings is 2. The number of aryl methyl sites for hydroxylation is 1. The Hall–Kier alpha value is -3.14. The highest BCUT2D eigenvalue weighted by molar-refractivity contribution is 7.89. The number of carbonyl (C=O) groups excluding carboxylic acids is 1. The van der Waals surface area contributed by atoms with E-state index in [-0.39, 0.29) is 23.3 Å². The van der Waals surface area contributed by atoms with Crippen LogP contribution in [0.5, 0.6) is 5.75 Å². The number of amides is 1. The number of anilines is 1. The number of carbonyl (C=O) groups is 1. The Kier molecular flexibility index (Phi) is 7.90. The quantitative estimate of drug-likeness (QED) is 0.472. The maximum atomic E-state index is 13.1. The lowest BCUT2D eigenvalue weighted by Crippen LogP contribution is -2.40. The lowest BCUT2D eigenvalue weighted by molar-refractivity contribution is -0.116. The first-order valence-electron chi connectivity index (χ1n) is 11.7. The number of nitrogens with one attached hydrogen (secondary N) is 1. The highest BCUT2D eigenvalue weighted by Crippen LogP contribution is 2.31.